The van der Waals surface area contributed by atoms with Crippen molar-refractivity contribution in [3.63, 3.8) is 0 Å². The number of aromatic nitrogens is 2. The van der Waals surface area contributed by atoms with E-state index in [1.165, 1.54) is 41.6 Å². The Morgan fingerprint density at radius 1 is 0.839 bits per heavy atom. The third-order valence-corrected chi connectivity index (χ3v) is 8.58. The number of rotatable bonds is 10. The van der Waals surface area contributed by atoms with Crippen molar-refractivity contribution in [1.29, 1.82) is 10.5 Å². The first-order valence-electron chi connectivity index (χ1n) is 15.3. The van der Waals surface area contributed by atoms with Gasteiger partial charge in [0, 0.05) is 31.7 Å². The van der Waals surface area contributed by atoms with E-state index in [1.807, 2.05) is 0 Å². The number of hydrogen-bond acceptors (Lipinski definition) is 12. The Morgan fingerprint density at radius 2 is 1.27 bits per heavy atom. The van der Waals surface area contributed by atoms with Crippen molar-refractivity contribution in [1.82, 2.24) is 9.13 Å². The molecular weight excluding hydrogens is 866 g/mol. The topological polar surface area (TPSA) is 215 Å². The second kappa shape index (κ2) is 21.4. The number of nitrogens with one attached hydrogen (secondary N) is 2. The summed E-state index contributed by atoms with van der Waals surface area (Å²) in [4.78, 5) is 72.6. The minimum absolute atomic E-state index is 0.00574. The summed E-state index contributed by atoms with van der Waals surface area (Å²) in [5.74, 6) is -7.02. The molecule has 0 aliphatic rings. The quantitative estimate of drug-likeness (QED) is 0.0530. The molecule has 0 saturated heterocycles. The van der Waals surface area contributed by atoms with Crippen LogP contribution in [0.3, 0.4) is 0 Å². The molecule has 2 aromatic carbocycles. The summed E-state index contributed by atoms with van der Waals surface area (Å²) in [7, 11) is 7.26. The molecule has 22 heteroatoms. The van der Waals surface area contributed by atoms with Crippen LogP contribution < -0.4 is 10.6 Å². The maximum absolute atomic E-state index is 13.4. The molecule has 2 amide bonds. The van der Waals surface area contributed by atoms with E-state index in [4.69, 9.17) is 33.7 Å². The fourth-order valence-electron chi connectivity index (χ4n) is 4.45. The number of aryl methyl sites for hydroxylation is 1. The Kier molecular flexibility index (Phi) is 17.8. The van der Waals surface area contributed by atoms with Crippen LogP contribution in [-0.4, -0.2) is 65.3 Å². The zero-order valence-electron chi connectivity index (χ0n) is 29.4. The molecule has 2 N–H and O–H groups in total. The van der Waals surface area contributed by atoms with E-state index in [2.05, 4.69) is 60.8 Å². The zero-order chi connectivity index (χ0) is 42.4. The van der Waals surface area contributed by atoms with Gasteiger partial charge in [-0.3, -0.25) is 19.2 Å². The average Bonchev–Trinajstić information content (AvgIpc) is 3.58. The fraction of sp³-hybridized carbons (Fsp3) is 0.176. The van der Waals surface area contributed by atoms with Crippen molar-refractivity contribution >= 4 is 106 Å². The molecule has 0 atom stereocenters. The molecule has 2 aromatic heterocycles. The summed E-state index contributed by atoms with van der Waals surface area (Å²) in [5, 5.41) is 22.2. The third-order valence-electron chi connectivity index (χ3n) is 6.90. The Bertz CT molecular complexity index is 2330. The average molecular weight is 892 g/mol. The van der Waals surface area contributed by atoms with Crippen LogP contribution in [0.5, 0.6) is 0 Å². The number of hydrogen-bond donors (Lipinski definition) is 3. The second-order valence-electron chi connectivity index (χ2n) is 10.4. The molecule has 1 radical (unpaired) electrons. The first-order valence-corrected chi connectivity index (χ1v) is 17.3. The Morgan fingerprint density at radius 3 is 1.70 bits per heavy atom. The van der Waals surface area contributed by atoms with Crippen LogP contribution >= 0.6 is 51.9 Å². The minimum atomic E-state index is -1.10. The maximum atomic E-state index is 13.4. The number of thiol groups is 1. The van der Waals surface area contributed by atoms with E-state index < -0.39 is 47.0 Å². The van der Waals surface area contributed by atoms with Crippen LogP contribution in [0.4, 0.5) is 20.2 Å². The van der Waals surface area contributed by atoms with Crippen molar-refractivity contribution in [2.75, 3.05) is 23.8 Å². The SMILES string of the molecule is CCOC(=O)C(=O)c1c(Cl)c(C(=O)Nc2ccc(F)c(C#N)c2)n(C)c1Br.CCOC(=O)C(=O)c1cn(C)c(C(=O)Nc2ccc(F)c(C#N)c2)c1Cl.[B]=NS. The van der Waals surface area contributed by atoms with Gasteiger partial charge >= 0.3 is 36.7 Å². The molecule has 0 saturated carbocycles. The number of benzene rings is 2. The molecule has 0 unspecified atom stereocenters. The van der Waals surface area contributed by atoms with Gasteiger partial charge in [0.25, 0.3) is 23.4 Å². The number of ketones is 2. The van der Waals surface area contributed by atoms with Gasteiger partial charge < -0.3 is 29.2 Å². The van der Waals surface area contributed by atoms with Crippen molar-refractivity contribution < 1.29 is 47.0 Å². The number of esters is 2. The Hall–Kier alpha value is -5.67. The summed E-state index contributed by atoms with van der Waals surface area (Å²) < 4.78 is 41.4. The van der Waals surface area contributed by atoms with E-state index in [-0.39, 0.29) is 72.9 Å². The number of amides is 2. The van der Waals surface area contributed by atoms with E-state index in [0.717, 1.165) is 24.3 Å². The molecule has 15 nitrogen and oxygen atoms in total. The van der Waals surface area contributed by atoms with E-state index in [9.17, 15) is 37.5 Å². The first-order chi connectivity index (χ1) is 26.4. The van der Waals surface area contributed by atoms with Gasteiger partial charge in [0.2, 0.25) is 0 Å². The second-order valence-corrected chi connectivity index (χ2v) is 12.2. The van der Waals surface area contributed by atoms with E-state index in [0.29, 0.717) is 0 Å². The zero-order valence-corrected chi connectivity index (χ0v) is 33.4. The number of carbonyl (C=O) groups is 6. The van der Waals surface area contributed by atoms with Crippen LogP contribution in [0.25, 0.3) is 0 Å². The molecular formula is C34H26BBrCl2F2N7O8S. The van der Waals surface area contributed by atoms with Crippen molar-refractivity contribution in [3.05, 3.63) is 103 Å². The van der Waals surface area contributed by atoms with Crippen molar-refractivity contribution in [2.45, 2.75) is 13.8 Å². The van der Waals surface area contributed by atoms with Crippen LogP contribution in [0, 0.1) is 34.3 Å². The van der Waals surface area contributed by atoms with Gasteiger partial charge in [-0.15, -0.1) is 0 Å². The van der Waals surface area contributed by atoms with Gasteiger partial charge in [0.15, 0.2) is 0 Å². The van der Waals surface area contributed by atoms with Gasteiger partial charge in [-0.2, -0.15) is 10.5 Å². The summed E-state index contributed by atoms with van der Waals surface area (Å²) in [6, 6.07) is 10.3. The van der Waals surface area contributed by atoms with Gasteiger partial charge in [0.1, 0.15) is 35.2 Å². The molecule has 2 heterocycles. The van der Waals surface area contributed by atoms with Crippen LogP contribution in [0.1, 0.15) is 66.7 Å². The molecule has 0 bridgehead atoms. The van der Waals surface area contributed by atoms with Gasteiger partial charge in [-0.25, -0.2) is 18.4 Å². The number of ether oxygens (including phenoxy) is 2. The van der Waals surface area contributed by atoms with Gasteiger partial charge in [-0.05, 0) is 66.2 Å². The summed E-state index contributed by atoms with van der Waals surface area (Å²) >= 11 is 18.6. The molecule has 4 rings (SSSR count). The monoisotopic (exact) mass is 890 g/mol. The number of nitriles is 2. The van der Waals surface area contributed by atoms with Crippen molar-refractivity contribution in [3.8, 4) is 12.1 Å². The fourth-order valence-corrected chi connectivity index (χ4v) is 5.86. The Labute approximate surface area is 342 Å². The summed E-state index contributed by atoms with van der Waals surface area (Å²) in [6.45, 7) is 3.12. The number of nitrogens with zero attached hydrogens (tertiary/aromatic N) is 5. The summed E-state index contributed by atoms with van der Waals surface area (Å²) in [5.41, 5.74) is -0.729. The van der Waals surface area contributed by atoms with Crippen LogP contribution in [0.15, 0.2) is 51.5 Å². The molecule has 4 aromatic rings. The number of Topliss-reactive ketones (excluding diaryl/α,β-unsaturated/α-hetero) is 2. The van der Waals surface area contributed by atoms with Gasteiger partial charge in [-0.1, -0.05) is 23.2 Å². The Balaban J connectivity index is 0.000000362. The number of halogens is 5. The molecule has 56 heavy (non-hydrogen) atoms. The normalized spacial score (nSPS) is 9.84. The van der Waals surface area contributed by atoms with Crippen molar-refractivity contribution in [2.24, 2.45) is 18.4 Å². The number of anilines is 2. The molecule has 0 spiro atoms. The number of carbonyl (C=O) groups excluding carboxylic acids is 6. The molecule has 289 valence electrons. The van der Waals surface area contributed by atoms with Crippen LogP contribution in [-0.2, 0) is 33.2 Å². The first kappa shape index (κ1) is 46.5. The molecule has 0 aliphatic carbocycles. The van der Waals surface area contributed by atoms with E-state index in [1.54, 1.807) is 26.0 Å². The predicted octanol–water partition coefficient (Wildman–Crippen LogP) is 6.32. The summed E-state index contributed by atoms with van der Waals surface area (Å²) in [6.07, 6.45) is 1.24. The standard InChI is InChI=1S/C17H12BrClFN3O4.C17H13ClFN3O4.BHNS/c1-3-27-17(26)14(24)11-12(19)13(23(2)15(11)18)16(25)22-9-4-5-10(20)8(6-9)7-21;1-3-26-17(25)15(23)11-8-22(2)14(13(11)18)16(24)21-10-4-5-12(19)9(6-10)7-20;1-2-3/h4-6H,3H2,1-2H3,(H,22,25);4-6,8H,3H2,1-2H3,(H,21,24);3H. The van der Waals surface area contributed by atoms with Gasteiger partial charge in [0.05, 0.1) is 50.1 Å². The van der Waals surface area contributed by atoms with E-state index >= 15 is 0 Å². The van der Waals surface area contributed by atoms with Crippen LogP contribution in [0.2, 0.25) is 10.0 Å². The molecule has 0 fully saturated rings. The third kappa shape index (κ3) is 11.2. The predicted molar refractivity (Wildman–Crippen MR) is 206 cm³/mol. The molecule has 0 aliphatic heterocycles.